The molecule has 2 rings (SSSR count). The van der Waals surface area contributed by atoms with E-state index >= 15 is 0 Å². The van der Waals surface area contributed by atoms with E-state index in [1.807, 2.05) is 0 Å². The van der Waals surface area contributed by atoms with Gasteiger partial charge in [-0.3, -0.25) is 4.79 Å². The van der Waals surface area contributed by atoms with Crippen LogP contribution in [0.4, 0.5) is 10.1 Å². The van der Waals surface area contributed by atoms with Crippen LogP contribution in [0.1, 0.15) is 23.2 Å². The third kappa shape index (κ3) is 2.21. The van der Waals surface area contributed by atoms with E-state index < -0.39 is 5.82 Å². The van der Waals surface area contributed by atoms with Gasteiger partial charge in [0.2, 0.25) is 0 Å². The minimum Gasteiger partial charge on any atom is -0.396 e. The lowest BCUT2D eigenvalue weighted by Crippen LogP contribution is -2.22. The lowest BCUT2D eigenvalue weighted by Gasteiger charge is -2.20. The molecule has 0 bridgehead atoms. The Kier molecular flexibility index (Phi) is 3.49. The number of nitrogen functional groups attached to an aromatic ring is 1. The normalized spacial score (nSPS) is 20.7. The Morgan fingerprint density at radius 2 is 2.31 bits per heavy atom. The molecule has 1 saturated heterocycles. The van der Waals surface area contributed by atoms with Crippen LogP contribution in [0, 0.1) is 11.7 Å². The fourth-order valence-corrected chi connectivity index (χ4v) is 3.06. The summed E-state index contributed by atoms with van der Waals surface area (Å²) in [5.74, 6) is 1.43. The zero-order valence-electron chi connectivity index (χ0n) is 8.91. The van der Waals surface area contributed by atoms with Crippen molar-refractivity contribution < 1.29 is 9.18 Å². The van der Waals surface area contributed by atoms with Gasteiger partial charge in [0.1, 0.15) is 5.82 Å². The van der Waals surface area contributed by atoms with Crippen LogP contribution in [0.15, 0.2) is 18.2 Å². The molecule has 1 heterocycles. The summed E-state index contributed by atoms with van der Waals surface area (Å²) in [7, 11) is 0. The van der Waals surface area contributed by atoms with Crippen LogP contribution in [-0.2, 0) is 0 Å². The van der Waals surface area contributed by atoms with Crippen LogP contribution >= 0.6 is 11.8 Å². The maximum atomic E-state index is 13.2. The van der Waals surface area contributed by atoms with Crippen molar-refractivity contribution in [3.63, 3.8) is 0 Å². The molecule has 1 unspecified atom stereocenters. The van der Waals surface area contributed by atoms with E-state index in [-0.39, 0.29) is 17.4 Å². The number of anilines is 1. The Hall–Kier alpha value is -1.03. The van der Waals surface area contributed by atoms with Gasteiger partial charge in [0, 0.05) is 17.2 Å². The van der Waals surface area contributed by atoms with E-state index in [1.165, 1.54) is 12.1 Å². The van der Waals surface area contributed by atoms with E-state index in [0.29, 0.717) is 5.56 Å². The SMILES string of the molecule is Nc1c(F)cccc1C(=O)C1CCCSC1. The second-order valence-electron chi connectivity index (χ2n) is 3.98. The number of ketones is 1. The van der Waals surface area contributed by atoms with Crippen molar-refractivity contribution in [3.8, 4) is 0 Å². The molecule has 4 heteroatoms. The Morgan fingerprint density at radius 3 is 3.00 bits per heavy atom. The number of para-hydroxylation sites is 1. The maximum absolute atomic E-state index is 13.2. The number of carbonyl (C=O) groups is 1. The summed E-state index contributed by atoms with van der Waals surface area (Å²) in [6.45, 7) is 0. The monoisotopic (exact) mass is 239 g/mol. The minimum absolute atomic E-state index is 0.00264. The van der Waals surface area contributed by atoms with Crippen molar-refractivity contribution in [2.24, 2.45) is 5.92 Å². The summed E-state index contributed by atoms with van der Waals surface area (Å²) < 4.78 is 13.2. The Bertz CT molecular complexity index is 402. The number of hydrogen-bond acceptors (Lipinski definition) is 3. The first-order valence-electron chi connectivity index (χ1n) is 5.36. The highest BCUT2D eigenvalue weighted by Gasteiger charge is 2.24. The molecule has 0 spiro atoms. The number of benzene rings is 1. The van der Waals surface area contributed by atoms with Gasteiger partial charge < -0.3 is 5.73 Å². The van der Waals surface area contributed by atoms with Gasteiger partial charge in [0.25, 0.3) is 0 Å². The summed E-state index contributed by atoms with van der Waals surface area (Å²) in [5.41, 5.74) is 5.92. The van der Waals surface area contributed by atoms with E-state index in [0.717, 1.165) is 24.3 Å². The summed E-state index contributed by atoms with van der Waals surface area (Å²) >= 11 is 1.78. The molecule has 0 aliphatic carbocycles. The van der Waals surface area contributed by atoms with Gasteiger partial charge in [-0.2, -0.15) is 11.8 Å². The van der Waals surface area contributed by atoms with Crippen molar-refractivity contribution in [1.29, 1.82) is 0 Å². The first-order valence-corrected chi connectivity index (χ1v) is 6.51. The molecule has 1 fully saturated rings. The predicted octanol–water partition coefficient (Wildman–Crippen LogP) is 2.73. The van der Waals surface area contributed by atoms with Gasteiger partial charge >= 0.3 is 0 Å². The number of Topliss-reactive ketones (excluding diaryl/α,β-unsaturated/α-hetero) is 1. The average molecular weight is 239 g/mol. The van der Waals surface area contributed by atoms with Crippen LogP contribution in [0.2, 0.25) is 0 Å². The predicted molar refractivity (Wildman–Crippen MR) is 65.2 cm³/mol. The minimum atomic E-state index is -0.505. The molecule has 2 N–H and O–H groups in total. The lowest BCUT2D eigenvalue weighted by atomic mass is 9.94. The zero-order valence-corrected chi connectivity index (χ0v) is 9.73. The summed E-state index contributed by atoms with van der Waals surface area (Å²) in [5, 5.41) is 0. The van der Waals surface area contributed by atoms with Crippen molar-refractivity contribution in [1.82, 2.24) is 0 Å². The second-order valence-corrected chi connectivity index (χ2v) is 5.13. The number of thioether (sulfide) groups is 1. The third-order valence-corrected chi connectivity index (χ3v) is 4.06. The lowest BCUT2D eigenvalue weighted by molar-refractivity contribution is 0.0925. The highest BCUT2D eigenvalue weighted by Crippen LogP contribution is 2.28. The van der Waals surface area contributed by atoms with Crippen LogP contribution in [0.25, 0.3) is 0 Å². The van der Waals surface area contributed by atoms with Gasteiger partial charge in [-0.05, 0) is 30.7 Å². The zero-order chi connectivity index (χ0) is 11.5. The van der Waals surface area contributed by atoms with Crippen molar-refractivity contribution in [2.45, 2.75) is 12.8 Å². The average Bonchev–Trinajstić information content (AvgIpc) is 2.33. The number of rotatable bonds is 2. The molecule has 1 aromatic rings. The molecule has 86 valence electrons. The number of carbonyl (C=O) groups excluding carboxylic acids is 1. The molecule has 1 aliphatic heterocycles. The Morgan fingerprint density at radius 1 is 1.50 bits per heavy atom. The molecule has 1 aliphatic rings. The molecular weight excluding hydrogens is 225 g/mol. The van der Waals surface area contributed by atoms with E-state index in [9.17, 15) is 9.18 Å². The number of halogens is 1. The quantitative estimate of drug-likeness (QED) is 0.637. The van der Waals surface area contributed by atoms with E-state index in [4.69, 9.17) is 5.73 Å². The molecule has 16 heavy (non-hydrogen) atoms. The largest absolute Gasteiger partial charge is 0.396 e. The Balaban J connectivity index is 2.22. The van der Waals surface area contributed by atoms with Crippen molar-refractivity contribution in [2.75, 3.05) is 17.2 Å². The fraction of sp³-hybridized carbons (Fsp3) is 0.417. The van der Waals surface area contributed by atoms with Crippen molar-refractivity contribution >= 4 is 23.2 Å². The molecular formula is C12H14FNOS. The van der Waals surface area contributed by atoms with Gasteiger partial charge in [-0.15, -0.1) is 0 Å². The molecule has 1 atom stereocenters. The summed E-state index contributed by atoms with van der Waals surface area (Å²) in [4.78, 5) is 12.1. The van der Waals surface area contributed by atoms with Gasteiger partial charge in [0.05, 0.1) is 5.69 Å². The van der Waals surface area contributed by atoms with Crippen LogP contribution in [0.5, 0.6) is 0 Å². The summed E-state index contributed by atoms with van der Waals surface area (Å²) in [6.07, 6.45) is 1.94. The molecule has 0 saturated carbocycles. The number of nitrogens with two attached hydrogens (primary N) is 1. The van der Waals surface area contributed by atoms with Crippen molar-refractivity contribution in [3.05, 3.63) is 29.6 Å². The topological polar surface area (TPSA) is 43.1 Å². The standard InChI is InChI=1S/C12H14FNOS/c13-10-5-1-4-9(11(10)14)12(15)8-3-2-6-16-7-8/h1,4-5,8H,2-3,6-7,14H2. The second kappa shape index (κ2) is 4.87. The first-order chi connectivity index (χ1) is 7.70. The van der Waals surface area contributed by atoms with E-state index in [2.05, 4.69) is 0 Å². The first kappa shape index (κ1) is 11.5. The maximum Gasteiger partial charge on any atom is 0.168 e. The molecule has 0 radical (unpaired) electrons. The van der Waals surface area contributed by atoms with Crippen LogP contribution < -0.4 is 5.73 Å². The molecule has 0 aromatic heterocycles. The molecule has 0 amide bonds. The highest BCUT2D eigenvalue weighted by atomic mass is 32.2. The van der Waals surface area contributed by atoms with Gasteiger partial charge in [-0.25, -0.2) is 4.39 Å². The third-order valence-electron chi connectivity index (χ3n) is 2.85. The highest BCUT2D eigenvalue weighted by molar-refractivity contribution is 7.99. The summed E-state index contributed by atoms with van der Waals surface area (Å²) in [6, 6.07) is 4.43. The molecule has 2 nitrogen and oxygen atoms in total. The number of hydrogen-bond donors (Lipinski definition) is 1. The van der Waals surface area contributed by atoms with Crippen LogP contribution in [0.3, 0.4) is 0 Å². The Labute approximate surface area is 98.4 Å². The smallest absolute Gasteiger partial charge is 0.168 e. The van der Waals surface area contributed by atoms with E-state index in [1.54, 1.807) is 17.8 Å². The van der Waals surface area contributed by atoms with Crippen LogP contribution in [-0.4, -0.2) is 17.3 Å². The fourth-order valence-electron chi connectivity index (χ4n) is 1.92. The molecule has 1 aromatic carbocycles. The van der Waals surface area contributed by atoms with Gasteiger partial charge in [0.15, 0.2) is 5.78 Å². The van der Waals surface area contributed by atoms with Gasteiger partial charge in [-0.1, -0.05) is 6.07 Å².